The molecule has 0 atom stereocenters. The van der Waals surface area contributed by atoms with Gasteiger partial charge in [-0.2, -0.15) is 0 Å². The number of nitrogens with two attached hydrogens (primary N) is 1. The van der Waals surface area contributed by atoms with Gasteiger partial charge in [-0.3, -0.25) is 0 Å². The molecule has 0 amide bonds. The van der Waals surface area contributed by atoms with Gasteiger partial charge in [-0.25, -0.2) is 0 Å². The molecule has 2 radical (unpaired) electrons. The van der Waals surface area contributed by atoms with E-state index in [1.807, 2.05) is 0 Å². The average molecular weight is 70.1 g/mol. The van der Waals surface area contributed by atoms with Crippen molar-refractivity contribution in [1.29, 1.82) is 0 Å². The molecule has 0 saturated carbocycles. The van der Waals surface area contributed by atoms with Crippen LogP contribution in [0.4, 0.5) is 0 Å². The fourth-order valence-corrected chi connectivity index (χ4v) is 0.0609. The molecule has 0 unspecified atom stereocenters. The summed E-state index contributed by atoms with van der Waals surface area (Å²) in [7, 11) is 0. The summed E-state index contributed by atoms with van der Waals surface area (Å²) in [4.78, 5) is 0. The van der Waals surface area contributed by atoms with Gasteiger partial charge < -0.3 is 5.73 Å². The second-order valence-corrected chi connectivity index (χ2v) is 0.611. The van der Waals surface area contributed by atoms with Gasteiger partial charge in [-0.05, 0) is 6.20 Å². The fraction of sp³-hybridized carbons (Fsp3) is 0.333. The molecule has 28 valence electrons. The number of hydrogen-bond acceptors (Lipinski definition) is 1. The van der Waals surface area contributed by atoms with Crippen molar-refractivity contribution in [1.82, 2.24) is 5.73 Å². The van der Waals surface area contributed by atoms with Crippen LogP contribution in [0.5, 0.6) is 0 Å². The summed E-state index contributed by atoms with van der Waals surface area (Å²) >= 11 is 0. The topological polar surface area (TPSA) is 48.3 Å². The molecule has 2 heteroatoms. The minimum atomic E-state index is 0.0382. The Labute approximate surface area is 31.5 Å². The molecule has 0 aliphatic rings. The Morgan fingerprint density at radius 2 is 2.40 bits per heavy atom. The van der Waals surface area contributed by atoms with Crippen molar-refractivity contribution in [2.75, 3.05) is 6.54 Å². The highest BCUT2D eigenvalue weighted by molar-refractivity contribution is 4.74. The zero-order valence-corrected chi connectivity index (χ0v) is 2.89. The van der Waals surface area contributed by atoms with Crippen LogP contribution >= 0.6 is 0 Å². The minimum absolute atomic E-state index is 0.0382. The fourth-order valence-electron chi connectivity index (χ4n) is 0.0609. The lowest BCUT2D eigenvalue weighted by Crippen LogP contribution is -1.80. The molecule has 0 bridgehead atoms. The van der Waals surface area contributed by atoms with Crippen LogP contribution < -0.4 is 11.5 Å². The van der Waals surface area contributed by atoms with Crippen LogP contribution in [0.2, 0.25) is 0 Å². The molecule has 0 rings (SSSR count). The van der Waals surface area contributed by atoms with Gasteiger partial charge in [0.2, 0.25) is 0 Å². The molecule has 0 aliphatic carbocycles. The first-order valence-corrected chi connectivity index (χ1v) is 1.39. The molecule has 2 N–H and O–H groups in total. The summed E-state index contributed by atoms with van der Waals surface area (Å²) in [5.41, 5.74) is 12.7. The zero-order valence-electron chi connectivity index (χ0n) is 2.89. The average Bonchev–Trinajstić information content (AvgIpc) is 1.41. The molecule has 0 spiro atoms. The van der Waals surface area contributed by atoms with Gasteiger partial charge in [0, 0.05) is 0 Å². The van der Waals surface area contributed by atoms with Gasteiger partial charge in [-0.15, -0.1) is 5.73 Å². The van der Waals surface area contributed by atoms with Gasteiger partial charge in [-0.1, -0.05) is 6.08 Å². The van der Waals surface area contributed by atoms with E-state index in [2.05, 4.69) is 0 Å². The third-order valence-corrected chi connectivity index (χ3v) is 0.241. The van der Waals surface area contributed by atoms with Crippen LogP contribution in [0, 0.1) is 0 Å². The lowest BCUT2D eigenvalue weighted by Gasteiger charge is -1.64. The van der Waals surface area contributed by atoms with Crippen LogP contribution in [0.25, 0.3) is 0 Å². The van der Waals surface area contributed by atoms with E-state index in [0.29, 0.717) is 0 Å². The van der Waals surface area contributed by atoms with Gasteiger partial charge in [0.1, 0.15) is 0 Å². The SMILES string of the molecule is [N]CC=CN. The summed E-state index contributed by atoms with van der Waals surface area (Å²) in [6.07, 6.45) is 2.76. The van der Waals surface area contributed by atoms with Gasteiger partial charge in [0.05, 0.1) is 6.54 Å². The van der Waals surface area contributed by atoms with E-state index >= 15 is 0 Å². The second kappa shape index (κ2) is 3.50. The Bertz CT molecular complexity index is 31.9. The van der Waals surface area contributed by atoms with E-state index in [4.69, 9.17) is 11.5 Å². The predicted octanol–water partition coefficient (Wildman–Crippen LogP) is -0.473. The number of nitrogens with zero attached hydrogens (tertiary/aromatic N) is 1. The third kappa shape index (κ3) is 3.50. The molecule has 0 aromatic heterocycles. The van der Waals surface area contributed by atoms with E-state index in [1.165, 1.54) is 12.3 Å². The highest BCUT2D eigenvalue weighted by atomic mass is 14.5. The maximum Gasteiger partial charge on any atom is 0.0519 e. The molecule has 0 saturated heterocycles. The van der Waals surface area contributed by atoms with Gasteiger partial charge in [0.15, 0.2) is 0 Å². The van der Waals surface area contributed by atoms with Crippen molar-refractivity contribution >= 4 is 0 Å². The summed E-state index contributed by atoms with van der Waals surface area (Å²) < 4.78 is 0. The van der Waals surface area contributed by atoms with E-state index in [-0.39, 0.29) is 6.54 Å². The lowest BCUT2D eigenvalue weighted by atomic mass is 10.6. The normalized spacial score (nSPS) is 9.80. The van der Waals surface area contributed by atoms with Crippen LogP contribution in [0.3, 0.4) is 0 Å². The summed E-state index contributed by atoms with van der Waals surface area (Å²) in [6.45, 7) is 0.0382. The Morgan fingerprint density at radius 3 is 2.40 bits per heavy atom. The van der Waals surface area contributed by atoms with Crippen molar-refractivity contribution in [2.24, 2.45) is 5.73 Å². The largest absolute Gasteiger partial charge is 0.405 e. The van der Waals surface area contributed by atoms with Crippen molar-refractivity contribution in [3.8, 4) is 0 Å². The molecule has 0 aliphatic heterocycles. The molecule has 0 aromatic rings. The highest BCUT2D eigenvalue weighted by Gasteiger charge is 1.55. The molecular weight excluding hydrogens is 64.0 g/mol. The minimum Gasteiger partial charge on any atom is -0.405 e. The Kier molecular flexibility index (Phi) is 3.15. The smallest absolute Gasteiger partial charge is 0.0519 e. The lowest BCUT2D eigenvalue weighted by molar-refractivity contribution is 1.19. The number of rotatable bonds is 1. The molecule has 0 aromatic carbocycles. The van der Waals surface area contributed by atoms with E-state index in [1.54, 1.807) is 0 Å². The molecule has 5 heavy (non-hydrogen) atoms. The van der Waals surface area contributed by atoms with Crippen LogP contribution in [0.15, 0.2) is 12.3 Å². The Balaban J connectivity index is 2.62. The first-order chi connectivity index (χ1) is 2.41. The third-order valence-electron chi connectivity index (χ3n) is 0.241. The van der Waals surface area contributed by atoms with E-state index in [9.17, 15) is 0 Å². The van der Waals surface area contributed by atoms with Crippen molar-refractivity contribution in [2.45, 2.75) is 0 Å². The van der Waals surface area contributed by atoms with Crippen LogP contribution in [-0.4, -0.2) is 6.54 Å². The first-order valence-electron chi connectivity index (χ1n) is 1.39. The van der Waals surface area contributed by atoms with Crippen LogP contribution in [0.1, 0.15) is 0 Å². The maximum absolute atomic E-state index is 7.90. The molecule has 0 heterocycles. The quantitative estimate of drug-likeness (QED) is 0.445. The summed E-state index contributed by atoms with van der Waals surface area (Å²) in [5, 5.41) is 0. The molecular formula is C3H6N2. The monoisotopic (exact) mass is 70.1 g/mol. The Morgan fingerprint density at radius 1 is 1.80 bits per heavy atom. The standard InChI is InChI=1S/C3H6N2/c4-2-1-3-5/h1-2H,3-4H2. The second-order valence-electron chi connectivity index (χ2n) is 0.611. The van der Waals surface area contributed by atoms with E-state index in [0.717, 1.165) is 0 Å². The summed E-state index contributed by atoms with van der Waals surface area (Å²) in [6, 6.07) is 0. The number of hydrogen-bond donors (Lipinski definition) is 1. The van der Waals surface area contributed by atoms with Crippen LogP contribution in [-0.2, 0) is 0 Å². The first kappa shape index (κ1) is 4.50. The highest BCUT2D eigenvalue weighted by Crippen LogP contribution is 1.51. The van der Waals surface area contributed by atoms with Crippen molar-refractivity contribution in [3.63, 3.8) is 0 Å². The summed E-state index contributed by atoms with van der Waals surface area (Å²) in [5.74, 6) is 0. The maximum atomic E-state index is 7.90. The van der Waals surface area contributed by atoms with Gasteiger partial charge >= 0.3 is 0 Å². The van der Waals surface area contributed by atoms with Gasteiger partial charge in [0.25, 0.3) is 0 Å². The predicted molar refractivity (Wildman–Crippen MR) is 20.3 cm³/mol. The molecule has 0 fully saturated rings. The Hall–Kier alpha value is -0.500. The van der Waals surface area contributed by atoms with Crippen molar-refractivity contribution < 1.29 is 0 Å². The zero-order chi connectivity index (χ0) is 4.12. The van der Waals surface area contributed by atoms with E-state index < -0.39 is 0 Å². The molecule has 2 nitrogen and oxygen atoms in total. The van der Waals surface area contributed by atoms with Crippen molar-refractivity contribution in [3.05, 3.63) is 12.3 Å².